The van der Waals surface area contributed by atoms with Crippen LogP contribution in [0.15, 0.2) is 48.9 Å². The van der Waals surface area contributed by atoms with Gasteiger partial charge in [0, 0.05) is 70.2 Å². The maximum absolute atomic E-state index is 15.1. The summed E-state index contributed by atoms with van der Waals surface area (Å²) in [5.74, 6) is -5.65. The normalized spacial score (nSPS) is 23.0. The number of esters is 1. The van der Waals surface area contributed by atoms with E-state index in [0.29, 0.717) is 17.5 Å². The SMILES string of the molecule is CC(C)CC[C@H]1C(=O)N[C@@H](CC(C)C)C(=O)N(C)[C@@H](Cc2cn(Cc3cncc(F)c3)c3ccccc23)C(=O)N[C@@H](CC(C)C)C(=O)N(C)[C@@H](C)C(=O)O[C@H](CCC#N)C(=O)N[C@@H](CC(C)C)C(=O)N1C. The van der Waals surface area contributed by atoms with Gasteiger partial charge in [-0.05, 0) is 86.0 Å². The molecule has 3 aromatic rings. The van der Waals surface area contributed by atoms with Crippen molar-refractivity contribution in [3.63, 3.8) is 0 Å². The third-order valence-electron chi connectivity index (χ3n) is 13.0. The second kappa shape index (κ2) is 26.2. The fraction of sp³-hybridized carbons (Fsp3) is 0.604. The van der Waals surface area contributed by atoms with Crippen LogP contribution in [0.2, 0.25) is 0 Å². The largest absolute Gasteiger partial charge is 0.451 e. The van der Waals surface area contributed by atoms with Crippen LogP contribution in [0, 0.1) is 40.8 Å². The molecule has 0 radical (unpaired) electrons. The summed E-state index contributed by atoms with van der Waals surface area (Å²) in [6.45, 7) is 16.9. The van der Waals surface area contributed by atoms with Gasteiger partial charge in [0.2, 0.25) is 29.5 Å². The number of carbonyl (C=O) groups excluding carboxylic acids is 7. The second-order valence-corrected chi connectivity index (χ2v) is 20.7. The number of rotatable bonds is 15. The number of para-hydroxylation sites is 1. The number of fused-ring (bicyclic) bond motifs is 1. The van der Waals surface area contributed by atoms with Gasteiger partial charge in [-0.1, -0.05) is 73.6 Å². The molecule has 7 atom stereocenters. The lowest BCUT2D eigenvalue weighted by atomic mass is 9.96. The summed E-state index contributed by atoms with van der Waals surface area (Å²) < 4.78 is 22.0. The van der Waals surface area contributed by atoms with E-state index in [0.717, 1.165) is 22.0 Å². The van der Waals surface area contributed by atoms with Crippen molar-refractivity contribution in [1.82, 2.24) is 40.2 Å². The Bertz CT molecular complexity index is 2400. The predicted octanol–water partition coefficient (Wildman–Crippen LogP) is 5.53. The lowest BCUT2D eigenvalue weighted by Gasteiger charge is -2.35. The summed E-state index contributed by atoms with van der Waals surface area (Å²) in [6, 6.07) is 3.65. The van der Waals surface area contributed by atoms with Crippen molar-refractivity contribution in [2.24, 2.45) is 23.7 Å². The molecule has 0 saturated carbocycles. The van der Waals surface area contributed by atoms with E-state index in [1.807, 2.05) is 96.5 Å². The van der Waals surface area contributed by atoms with Gasteiger partial charge in [0.1, 0.15) is 42.1 Å². The first-order valence-corrected chi connectivity index (χ1v) is 24.9. The number of cyclic esters (lactones) is 1. The van der Waals surface area contributed by atoms with Gasteiger partial charge >= 0.3 is 5.97 Å². The molecule has 0 aliphatic carbocycles. The van der Waals surface area contributed by atoms with Gasteiger partial charge < -0.3 is 40.0 Å². The summed E-state index contributed by atoms with van der Waals surface area (Å²) in [7, 11) is 4.34. The maximum Gasteiger partial charge on any atom is 0.329 e. The highest BCUT2D eigenvalue weighted by Crippen LogP contribution is 2.26. The first-order chi connectivity index (χ1) is 33.4. The number of pyridine rings is 1. The van der Waals surface area contributed by atoms with Crippen LogP contribution in [0.5, 0.6) is 0 Å². The number of aromatic nitrogens is 2. The van der Waals surface area contributed by atoms with Crippen LogP contribution in [-0.2, 0) is 51.3 Å². The summed E-state index contributed by atoms with van der Waals surface area (Å²) >= 11 is 0. The molecule has 1 aliphatic rings. The minimum atomic E-state index is -1.52. The first-order valence-electron chi connectivity index (χ1n) is 24.9. The molecule has 1 aromatic carbocycles. The number of carbonyl (C=O) groups is 7. The van der Waals surface area contributed by atoms with E-state index in [1.165, 1.54) is 43.9 Å². The molecule has 0 spiro atoms. The molecular weight excluding hydrogens is 910 g/mol. The van der Waals surface area contributed by atoms with Crippen LogP contribution in [0.4, 0.5) is 4.39 Å². The van der Waals surface area contributed by atoms with Gasteiger partial charge in [0.05, 0.1) is 12.3 Å². The molecule has 1 fully saturated rings. The van der Waals surface area contributed by atoms with E-state index in [1.54, 1.807) is 6.20 Å². The highest BCUT2D eigenvalue weighted by atomic mass is 19.1. The van der Waals surface area contributed by atoms with Gasteiger partial charge in [-0.2, -0.15) is 5.26 Å². The van der Waals surface area contributed by atoms with E-state index < -0.39 is 89.6 Å². The van der Waals surface area contributed by atoms with Gasteiger partial charge in [-0.15, -0.1) is 0 Å². The monoisotopic (exact) mass is 986 g/mol. The second-order valence-electron chi connectivity index (χ2n) is 20.7. The third kappa shape index (κ3) is 15.8. The number of nitrogens with one attached hydrogen (secondary N) is 3. The first kappa shape index (κ1) is 57.2. The lowest BCUT2D eigenvalue weighted by Crippen LogP contribution is -2.60. The molecule has 0 bridgehead atoms. The van der Waals surface area contributed by atoms with E-state index >= 15 is 9.59 Å². The summed E-state index contributed by atoms with van der Waals surface area (Å²) in [6.07, 6.45) is 3.78. The van der Waals surface area contributed by atoms with Gasteiger partial charge in [0.25, 0.3) is 5.91 Å². The van der Waals surface area contributed by atoms with E-state index in [4.69, 9.17) is 4.74 Å². The predicted molar refractivity (Wildman–Crippen MR) is 267 cm³/mol. The number of halogens is 1. The number of ether oxygens (including phenoxy) is 1. The van der Waals surface area contributed by atoms with Crippen molar-refractivity contribution in [2.45, 2.75) is 163 Å². The zero-order valence-electron chi connectivity index (χ0n) is 43.7. The van der Waals surface area contributed by atoms with Gasteiger partial charge in [0.15, 0.2) is 6.10 Å². The Hall–Kier alpha value is -6.38. The summed E-state index contributed by atoms with van der Waals surface area (Å²) in [5.41, 5.74) is 2.04. The number of hydrogen-bond donors (Lipinski definition) is 3. The molecule has 18 heteroatoms. The molecule has 4 rings (SSSR count). The number of nitrogens with zero attached hydrogens (tertiary/aromatic N) is 6. The van der Waals surface area contributed by atoms with Crippen molar-refractivity contribution >= 4 is 52.3 Å². The van der Waals surface area contributed by atoms with Crippen LogP contribution in [0.25, 0.3) is 10.9 Å². The zero-order valence-corrected chi connectivity index (χ0v) is 43.7. The van der Waals surface area contributed by atoms with Crippen LogP contribution in [-0.4, -0.2) is 129 Å². The maximum atomic E-state index is 15.1. The Morgan fingerprint density at radius 1 is 0.704 bits per heavy atom. The quantitative estimate of drug-likeness (QED) is 0.162. The number of benzene rings is 1. The number of amides is 6. The van der Waals surface area contributed by atoms with Crippen LogP contribution in [0.1, 0.15) is 118 Å². The third-order valence-corrected chi connectivity index (χ3v) is 13.0. The fourth-order valence-electron chi connectivity index (χ4n) is 8.91. The summed E-state index contributed by atoms with van der Waals surface area (Å²) in [5, 5.41) is 18.9. The number of likely N-dealkylation sites (N-methyl/N-ethyl adjacent to an activating group) is 3. The minimum absolute atomic E-state index is 0.0525. The van der Waals surface area contributed by atoms with Crippen molar-refractivity contribution in [3.8, 4) is 6.07 Å². The average Bonchev–Trinajstić information content (AvgIpc) is 3.64. The standard InChI is InChI=1S/C53H76FN9O8/c1-31(2)19-20-44-47(64)57-41(23-33(5)6)52(69)62(12)45(26-37-30-63(43-17-14-13-16-39(37)43)29-36-25-38(54)28-56-27-36)48(65)58-40(22-32(3)4)50(67)60(10)35(9)53(70)71-46(18-15-21-55)49(66)59-42(24-34(7)8)51(68)61(44)11/h13-14,16-17,25,27-28,30-35,40-42,44-46H,15,18-20,22-24,26,29H2,1-12H3,(H,57,64)(H,58,65)(H,59,66)/t35-,40-,41-,42-,44-,45-,46+/m0/s1. The minimum Gasteiger partial charge on any atom is -0.451 e. The molecular formula is C53H76FN9O8. The van der Waals surface area contributed by atoms with Crippen molar-refractivity contribution in [2.75, 3.05) is 21.1 Å². The van der Waals surface area contributed by atoms with Crippen molar-refractivity contribution in [3.05, 3.63) is 65.9 Å². The highest BCUT2D eigenvalue weighted by molar-refractivity contribution is 5.98. The lowest BCUT2D eigenvalue weighted by molar-refractivity contribution is -0.163. The van der Waals surface area contributed by atoms with Gasteiger partial charge in [-0.3, -0.25) is 33.8 Å². The van der Waals surface area contributed by atoms with E-state index in [-0.39, 0.29) is 75.2 Å². The molecule has 1 saturated heterocycles. The molecule has 2 aromatic heterocycles. The van der Waals surface area contributed by atoms with Crippen LogP contribution >= 0.6 is 0 Å². The molecule has 6 amide bonds. The van der Waals surface area contributed by atoms with E-state index in [2.05, 4.69) is 20.9 Å². The zero-order chi connectivity index (χ0) is 52.9. The molecule has 388 valence electrons. The molecule has 17 nitrogen and oxygen atoms in total. The average molecular weight is 986 g/mol. The molecule has 1 aliphatic heterocycles. The molecule has 0 unspecified atom stereocenters. The Kier molecular flexibility index (Phi) is 21.1. The topological polar surface area (TPSA) is 216 Å². The molecule has 3 N–H and O–H groups in total. The number of nitriles is 1. The Morgan fingerprint density at radius 3 is 1.76 bits per heavy atom. The Morgan fingerprint density at radius 2 is 1.23 bits per heavy atom. The molecule has 71 heavy (non-hydrogen) atoms. The Labute approximate surface area is 418 Å². The van der Waals surface area contributed by atoms with Crippen LogP contribution < -0.4 is 16.0 Å². The Balaban J connectivity index is 1.93. The summed E-state index contributed by atoms with van der Waals surface area (Å²) in [4.78, 5) is 110. The van der Waals surface area contributed by atoms with E-state index in [9.17, 15) is 33.6 Å². The number of hydrogen-bond acceptors (Lipinski definition) is 10. The smallest absolute Gasteiger partial charge is 0.329 e. The van der Waals surface area contributed by atoms with Crippen molar-refractivity contribution < 1.29 is 42.7 Å². The highest BCUT2D eigenvalue weighted by Gasteiger charge is 2.40. The fourth-order valence-corrected chi connectivity index (χ4v) is 8.91. The van der Waals surface area contributed by atoms with Crippen molar-refractivity contribution in [1.29, 1.82) is 5.26 Å². The molecule has 3 heterocycles. The van der Waals surface area contributed by atoms with Crippen LogP contribution in [0.3, 0.4) is 0 Å². The van der Waals surface area contributed by atoms with Gasteiger partial charge in [-0.25, -0.2) is 9.18 Å².